The van der Waals surface area contributed by atoms with Crippen molar-refractivity contribution in [3.05, 3.63) is 78.4 Å². The van der Waals surface area contributed by atoms with Crippen LogP contribution in [0.15, 0.2) is 72.2 Å². The summed E-state index contributed by atoms with van der Waals surface area (Å²) in [5, 5.41) is 3.53. The highest BCUT2D eigenvalue weighted by atomic mass is 16.5. The summed E-state index contributed by atoms with van der Waals surface area (Å²) in [6, 6.07) is 16.9. The van der Waals surface area contributed by atoms with Crippen LogP contribution in [0.4, 0.5) is 5.69 Å². The van der Waals surface area contributed by atoms with Crippen LogP contribution in [0.5, 0.6) is 5.75 Å². The van der Waals surface area contributed by atoms with Crippen molar-refractivity contribution in [2.75, 3.05) is 45.2 Å². The van der Waals surface area contributed by atoms with Gasteiger partial charge in [0, 0.05) is 64.4 Å². The van der Waals surface area contributed by atoms with Crippen molar-refractivity contribution < 1.29 is 4.74 Å². The maximum Gasteiger partial charge on any atom is 0.194 e. The minimum atomic E-state index is 0.753. The number of aliphatic imine (C=N–C) groups is 1. The molecule has 1 N–H and O–H groups in total. The van der Waals surface area contributed by atoms with Crippen LogP contribution in [-0.4, -0.2) is 60.7 Å². The molecule has 1 saturated heterocycles. The number of piperazine rings is 1. The van der Waals surface area contributed by atoms with Crippen LogP contribution in [0.25, 0.3) is 0 Å². The van der Waals surface area contributed by atoms with Gasteiger partial charge >= 0.3 is 0 Å². The van der Waals surface area contributed by atoms with Crippen LogP contribution in [0, 0.1) is 0 Å². The molecular weight excluding hydrogens is 388 g/mol. The van der Waals surface area contributed by atoms with Crippen LogP contribution < -0.4 is 15.0 Å². The Labute approximate surface area is 184 Å². The van der Waals surface area contributed by atoms with E-state index in [0.717, 1.165) is 51.0 Å². The molecule has 1 aromatic heterocycles. The van der Waals surface area contributed by atoms with E-state index in [0.29, 0.717) is 0 Å². The van der Waals surface area contributed by atoms with Gasteiger partial charge in [-0.05, 0) is 35.4 Å². The molecule has 2 heterocycles. The van der Waals surface area contributed by atoms with Crippen LogP contribution in [0.1, 0.15) is 11.1 Å². The zero-order chi connectivity index (χ0) is 21.5. The summed E-state index contributed by atoms with van der Waals surface area (Å²) in [5.41, 5.74) is 3.74. The maximum atomic E-state index is 5.26. The molecule has 7 nitrogen and oxygen atoms in total. The molecule has 0 bridgehead atoms. The highest BCUT2D eigenvalue weighted by molar-refractivity contribution is 5.80. The Morgan fingerprint density at radius 3 is 2.52 bits per heavy atom. The number of nitrogens with zero attached hydrogens (tertiary/aromatic N) is 5. The largest absolute Gasteiger partial charge is 0.497 e. The SMILES string of the molecule is CN=C(NCc1cccc(Cn2ccnc2)c1)N1CCN(c2ccc(OC)cc2)CC1. The van der Waals surface area contributed by atoms with Crippen LogP contribution in [0.2, 0.25) is 0 Å². The standard InChI is InChI=1S/C24H30N6O/c1-25-24(27-17-20-4-3-5-21(16-20)18-28-11-10-26-19-28)30-14-12-29(13-15-30)22-6-8-23(31-2)9-7-22/h3-11,16,19H,12-15,17-18H2,1-2H3,(H,25,27). The minimum Gasteiger partial charge on any atom is -0.497 e. The smallest absolute Gasteiger partial charge is 0.194 e. The number of hydrogen-bond acceptors (Lipinski definition) is 4. The molecule has 7 heteroatoms. The van der Waals surface area contributed by atoms with Gasteiger partial charge < -0.3 is 24.4 Å². The van der Waals surface area contributed by atoms with Crippen molar-refractivity contribution in [3.63, 3.8) is 0 Å². The Morgan fingerprint density at radius 1 is 1.06 bits per heavy atom. The first kappa shape index (κ1) is 20.8. The average Bonchev–Trinajstić information content (AvgIpc) is 3.33. The lowest BCUT2D eigenvalue weighted by molar-refractivity contribution is 0.372. The Hall–Kier alpha value is -3.48. The van der Waals surface area contributed by atoms with Crippen molar-refractivity contribution in [1.82, 2.24) is 19.8 Å². The summed E-state index contributed by atoms with van der Waals surface area (Å²) in [6.07, 6.45) is 5.64. The third kappa shape index (κ3) is 5.36. The van der Waals surface area contributed by atoms with E-state index in [4.69, 9.17) is 4.74 Å². The molecule has 162 valence electrons. The first-order valence-corrected chi connectivity index (χ1v) is 10.6. The normalized spacial score (nSPS) is 14.6. The first-order valence-electron chi connectivity index (χ1n) is 10.6. The number of aromatic nitrogens is 2. The lowest BCUT2D eigenvalue weighted by Gasteiger charge is -2.37. The zero-order valence-corrected chi connectivity index (χ0v) is 18.2. The lowest BCUT2D eigenvalue weighted by Crippen LogP contribution is -2.52. The predicted octanol–water partition coefficient (Wildman–Crippen LogP) is 2.84. The molecule has 2 aromatic carbocycles. The second kappa shape index (κ2) is 10.0. The van der Waals surface area contributed by atoms with Gasteiger partial charge in [-0.3, -0.25) is 4.99 Å². The van der Waals surface area contributed by atoms with Crippen molar-refractivity contribution in [2.45, 2.75) is 13.1 Å². The molecule has 0 radical (unpaired) electrons. The van der Waals surface area contributed by atoms with Gasteiger partial charge in [0.2, 0.25) is 0 Å². The van der Waals surface area contributed by atoms with E-state index in [1.54, 1.807) is 7.11 Å². The molecule has 0 spiro atoms. The van der Waals surface area contributed by atoms with Gasteiger partial charge in [0.25, 0.3) is 0 Å². The van der Waals surface area contributed by atoms with Crippen LogP contribution >= 0.6 is 0 Å². The number of ether oxygens (including phenoxy) is 1. The molecule has 0 atom stereocenters. The molecule has 1 fully saturated rings. The predicted molar refractivity (Wildman–Crippen MR) is 125 cm³/mol. The van der Waals surface area contributed by atoms with Crippen molar-refractivity contribution >= 4 is 11.6 Å². The second-order valence-corrected chi connectivity index (χ2v) is 7.63. The molecule has 0 amide bonds. The molecule has 31 heavy (non-hydrogen) atoms. The number of guanidine groups is 1. The van der Waals surface area contributed by atoms with Gasteiger partial charge in [-0.2, -0.15) is 0 Å². The fourth-order valence-electron chi connectivity index (χ4n) is 3.91. The van der Waals surface area contributed by atoms with Gasteiger partial charge in [-0.1, -0.05) is 24.3 Å². The Balaban J connectivity index is 1.30. The highest BCUT2D eigenvalue weighted by Crippen LogP contribution is 2.20. The van der Waals surface area contributed by atoms with Gasteiger partial charge in [0.15, 0.2) is 5.96 Å². The quantitative estimate of drug-likeness (QED) is 0.493. The van der Waals surface area contributed by atoms with E-state index in [1.807, 2.05) is 37.9 Å². The number of rotatable bonds is 6. The molecule has 0 saturated carbocycles. The van der Waals surface area contributed by atoms with Crippen molar-refractivity contribution in [1.29, 1.82) is 0 Å². The molecule has 0 aliphatic carbocycles. The third-order valence-corrected chi connectivity index (χ3v) is 5.59. The number of methoxy groups -OCH3 is 1. The number of imidazole rings is 1. The monoisotopic (exact) mass is 418 g/mol. The molecule has 0 unspecified atom stereocenters. The summed E-state index contributed by atoms with van der Waals surface area (Å²) < 4.78 is 7.34. The van der Waals surface area contributed by atoms with Gasteiger partial charge in [0.05, 0.1) is 13.4 Å². The third-order valence-electron chi connectivity index (χ3n) is 5.59. The summed E-state index contributed by atoms with van der Waals surface area (Å²) in [6.45, 7) is 5.39. The first-order chi connectivity index (χ1) is 15.2. The van der Waals surface area contributed by atoms with E-state index in [9.17, 15) is 0 Å². The highest BCUT2D eigenvalue weighted by Gasteiger charge is 2.19. The Bertz CT molecular complexity index is 976. The molecule has 4 rings (SSSR count). The summed E-state index contributed by atoms with van der Waals surface area (Å²) in [4.78, 5) is 13.4. The topological polar surface area (TPSA) is 57.9 Å². The maximum absolute atomic E-state index is 5.26. The second-order valence-electron chi connectivity index (χ2n) is 7.63. The van der Waals surface area contributed by atoms with E-state index >= 15 is 0 Å². The number of hydrogen-bond donors (Lipinski definition) is 1. The van der Waals surface area contributed by atoms with Crippen molar-refractivity contribution in [2.24, 2.45) is 4.99 Å². The fourth-order valence-corrected chi connectivity index (χ4v) is 3.91. The van der Waals surface area contributed by atoms with Crippen LogP contribution in [-0.2, 0) is 13.1 Å². The van der Waals surface area contributed by atoms with Gasteiger partial charge in [-0.15, -0.1) is 0 Å². The number of nitrogens with one attached hydrogen (secondary N) is 1. The fraction of sp³-hybridized carbons (Fsp3) is 0.333. The van der Waals surface area contributed by atoms with E-state index in [-0.39, 0.29) is 0 Å². The zero-order valence-electron chi connectivity index (χ0n) is 18.2. The van der Waals surface area contributed by atoms with Crippen LogP contribution in [0.3, 0.4) is 0 Å². The summed E-state index contributed by atoms with van der Waals surface area (Å²) in [7, 11) is 3.55. The molecule has 1 aliphatic rings. The molecule has 3 aromatic rings. The van der Waals surface area contributed by atoms with Crippen molar-refractivity contribution in [3.8, 4) is 5.75 Å². The summed E-state index contributed by atoms with van der Waals surface area (Å²) in [5.74, 6) is 1.84. The van der Waals surface area contributed by atoms with E-state index in [1.165, 1.54) is 16.8 Å². The van der Waals surface area contributed by atoms with Gasteiger partial charge in [0.1, 0.15) is 5.75 Å². The minimum absolute atomic E-state index is 0.753. The molecular formula is C24H30N6O. The Morgan fingerprint density at radius 2 is 1.84 bits per heavy atom. The average molecular weight is 419 g/mol. The van der Waals surface area contributed by atoms with E-state index in [2.05, 4.69) is 66.1 Å². The number of benzene rings is 2. The lowest BCUT2D eigenvalue weighted by atomic mass is 10.1. The van der Waals surface area contributed by atoms with E-state index < -0.39 is 0 Å². The number of anilines is 1. The summed E-state index contributed by atoms with van der Waals surface area (Å²) >= 11 is 0. The molecule has 1 aliphatic heterocycles. The Kier molecular flexibility index (Phi) is 6.72. The van der Waals surface area contributed by atoms with Gasteiger partial charge in [-0.25, -0.2) is 4.98 Å².